The summed E-state index contributed by atoms with van der Waals surface area (Å²) < 4.78 is 5.58. The number of fused-ring (bicyclic) bond motifs is 1. The lowest BCUT2D eigenvalue weighted by Gasteiger charge is -2.02. The number of benzene rings is 1. The molecule has 0 radical (unpaired) electrons. The summed E-state index contributed by atoms with van der Waals surface area (Å²) in [6.07, 6.45) is 3.18. The summed E-state index contributed by atoms with van der Waals surface area (Å²) in [4.78, 5) is 1.39. The molecule has 0 bridgehead atoms. The molecule has 0 aliphatic rings. The SMILES string of the molecule is CCCSc1cc(C)cc2cnsc12. The molecule has 1 aromatic heterocycles. The third kappa shape index (κ3) is 1.93. The van der Waals surface area contributed by atoms with E-state index in [9.17, 15) is 0 Å². The second kappa shape index (κ2) is 4.32. The molecule has 0 unspecified atom stereocenters. The van der Waals surface area contributed by atoms with Crippen molar-refractivity contribution >= 4 is 33.4 Å². The van der Waals surface area contributed by atoms with Crippen LogP contribution in [0.4, 0.5) is 0 Å². The van der Waals surface area contributed by atoms with E-state index in [0.29, 0.717) is 0 Å². The monoisotopic (exact) mass is 223 g/mol. The van der Waals surface area contributed by atoms with E-state index >= 15 is 0 Å². The van der Waals surface area contributed by atoms with Gasteiger partial charge in [0.25, 0.3) is 0 Å². The molecule has 2 rings (SSSR count). The van der Waals surface area contributed by atoms with Gasteiger partial charge < -0.3 is 0 Å². The number of hydrogen-bond donors (Lipinski definition) is 0. The summed E-state index contributed by atoms with van der Waals surface area (Å²) in [6.45, 7) is 4.36. The zero-order valence-corrected chi connectivity index (χ0v) is 10.0. The summed E-state index contributed by atoms with van der Waals surface area (Å²) >= 11 is 3.54. The molecule has 0 fully saturated rings. The Labute approximate surface area is 92.7 Å². The maximum absolute atomic E-state index is 4.24. The van der Waals surface area contributed by atoms with E-state index in [-0.39, 0.29) is 0 Å². The molecule has 2 aromatic rings. The summed E-state index contributed by atoms with van der Waals surface area (Å²) in [6, 6.07) is 4.47. The van der Waals surface area contributed by atoms with Crippen LogP contribution in [0.25, 0.3) is 10.1 Å². The van der Waals surface area contributed by atoms with Gasteiger partial charge in [0.1, 0.15) is 0 Å². The average molecular weight is 223 g/mol. The summed E-state index contributed by atoms with van der Waals surface area (Å²) in [5, 5.41) is 1.29. The maximum atomic E-state index is 4.24. The van der Waals surface area contributed by atoms with Crippen LogP contribution in [0.1, 0.15) is 18.9 Å². The minimum absolute atomic E-state index is 1.19. The number of aromatic nitrogens is 1. The predicted molar refractivity (Wildman–Crippen MR) is 65.4 cm³/mol. The summed E-state index contributed by atoms with van der Waals surface area (Å²) in [7, 11) is 0. The molecule has 0 saturated carbocycles. The van der Waals surface area contributed by atoms with Crippen LogP contribution in [-0.4, -0.2) is 10.1 Å². The van der Waals surface area contributed by atoms with Crippen molar-refractivity contribution in [1.29, 1.82) is 0 Å². The normalized spacial score (nSPS) is 11.0. The Morgan fingerprint density at radius 2 is 2.29 bits per heavy atom. The van der Waals surface area contributed by atoms with Crippen molar-refractivity contribution in [3.8, 4) is 0 Å². The number of aryl methyl sites for hydroxylation is 1. The van der Waals surface area contributed by atoms with Crippen LogP contribution in [-0.2, 0) is 0 Å². The molecule has 0 N–H and O–H groups in total. The van der Waals surface area contributed by atoms with Gasteiger partial charge in [-0.3, -0.25) is 0 Å². The fraction of sp³-hybridized carbons (Fsp3) is 0.364. The molecule has 0 saturated heterocycles. The van der Waals surface area contributed by atoms with E-state index in [0.717, 1.165) is 0 Å². The maximum Gasteiger partial charge on any atom is 0.0685 e. The molecule has 0 aliphatic heterocycles. The van der Waals surface area contributed by atoms with Crippen LogP contribution >= 0.6 is 23.3 Å². The quantitative estimate of drug-likeness (QED) is 0.726. The molecule has 1 heterocycles. The Hall–Kier alpha value is -0.540. The first-order valence-electron chi connectivity index (χ1n) is 4.79. The fourth-order valence-corrected chi connectivity index (χ4v) is 3.28. The van der Waals surface area contributed by atoms with Crippen LogP contribution in [0.2, 0.25) is 0 Å². The average Bonchev–Trinajstić information content (AvgIpc) is 2.61. The molecule has 14 heavy (non-hydrogen) atoms. The lowest BCUT2D eigenvalue weighted by atomic mass is 10.2. The molecule has 3 heteroatoms. The molecule has 0 amide bonds. The molecule has 1 aromatic carbocycles. The highest BCUT2D eigenvalue weighted by molar-refractivity contribution is 7.99. The Balaban J connectivity index is 2.44. The smallest absolute Gasteiger partial charge is 0.0685 e. The van der Waals surface area contributed by atoms with Crippen molar-refractivity contribution in [2.24, 2.45) is 0 Å². The lowest BCUT2D eigenvalue weighted by molar-refractivity contribution is 1.11. The van der Waals surface area contributed by atoms with E-state index in [1.54, 1.807) is 11.5 Å². The van der Waals surface area contributed by atoms with Crippen LogP contribution < -0.4 is 0 Å². The largest absolute Gasteiger partial charge is 0.200 e. The zero-order valence-electron chi connectivity index (χ0n) is 8.41. The molecule has 0 atom stereocenters. The standard InChI is InChI=1S/C11H13NS2/c1-3-4-13-10-6-8(2)5-9-7-12-14-11(9)10/h5-7H,3-4H2,1-2H3. The number of hydrogen-bond acceptors (Lipinski definition) is 3. The van der Waals surface area contributed by atoms with Crippen molar-refractivity contribution in [2.45, 2.75) is 25.2 Å². The number of rotatable bonds is 3. The van der Waals surface area contributed by atoms with E-state index in [1.165, 1.54) is 32.7 Å². The Morgan fingerprint density at radius 3 is 3.07 bits per heavy atom. The molecule has 0 spiro atoms. The van der Waals surface area contributed by atoms with Gasteiger partial charge in [0, 0.05) is 16.5 Å². The highest BCUT2D eigenvalue weighted by Crippen LogP contribution is 2.32. The first-order valence-corrected chi connectivity index (χ1v) is 6.55. The minimum atomic E-state index is 1.19. The van der Waals surface area contributed by atoms with Crippen molar-refractivity contribution < 1.29 is 0 Å². The lowest BCUT2D eigenvalue weighted by Crippen LogP contribution is -1.79. The van der Waals surface area contributed by atoms with Crippen LogP contribution in [0.3, 0.4) is 0 Å². The van der Waals surface area contributed by atoms with Crippen LogP contribution in [0.15, 0.2) is 23.2 Å². The van der Waals surface area contributed by atoms with E-state index in [2.05, 4.69) is 30.4 Å². The van der Waals surface area contributed by atoms with Gasteiger partial charge >= 0.3 is 0 Å². The third-order valence-electron chi connectivity index (χ3n) is 2.03. The Kier molecular flexibility index (Phi) is 3.08. The van der Waals surface area contributed by atoms with Crippen LogP contribution in [0.5, 0.6) is 0 Å². The fourth-order valence-electron chi connectivity index (χ4n) is 1.42. The van der Waals surface area contributed by atoms with Gasteiger partial charge in [0.15, 0.2) is 0 Å². The highest BCUT2D eigenvalue weighted by Gasteiger charge is 2.04. The van der Waals surface area contributed by atoms with Gasteiger partial charge in [-0.15, -0.1) is 11.8 Å². The molecule has 0 aliphatic carbocycles. The van der Waals surface area contributed by atoms with Gasteiger partial charge in [-0.25, -0.2) is 0 Å². The topological polar surface area (TPSA) is 12.9 Å². The number of nitrogens with zero attached hydrogens (tertiary/aromatic N) is 1. The highest BCUT2D eigenvalue weighted by atomic mass is 32.2. The van der Waals surface area contributed by atoms with Crippen molar-refractivity contribution in [3.05, 3.63) is 23.9 Å². The van der Waals surface area contributed by atoms with Gasteiger partial charge in [-0.1, -0.05) is 6.92 Å². The first-order chi connectivity index (χ1) is 6.81. The second-order valence-corrected chi connectivity index (χ2v) is 5.29. The second-order valence-electron chi connectivity index (χ2n) is 3.36. The summed E-state index contributed by atoms with van der Waals surface area (Å²) in [5.41, 5.74) is 1.33. The van der Waals surface area contributed by atoms with E-state index < -0.39 is 0 Å². The molecular formula is C11H13NS2. The van der Waals surface area contributed by atoms with E-state index in [1.807, 2.05) is 18.0 Å². The summed E-state index contributed by atoms with van der Waals surface area (Å²) in [5.74, 6) is 1.19. The van der Waals surface area contributed by atoms with Gasteiger partial charge in [-0.2, -0.15) is 4.37 Å². The molecular weight excluding hydrogens is 210 g/mol. The van der Waals surface area contributed by atoms with Crippen molar-refractivity contribution in [3.63, 3.8) is 0 Å². The van der Waals surface area contributed by atoms with Gasteiger partial charge in [-0.05, 0) is 48.3 Å². The van der Waals surface area contributed by atoms with Gasteiger partial charge in [0.05, 0.1) is 4.70 Å². The number of thioether (sulfide) groups is 1. The third-order valence-corrected chi connectivity index (χ3v) is 4.25. The van der Waals surface area contributed by atoms with Crippen LogP contribution in [0, 0.1) is 6.92 Å². The van der Waals surface area contributed by atoms with E-state index in [4.69, 9.17) is 0 Å². The first kappa shape index (κ1) is 9.99. The van der Waals surface area contributed by atoms with Gasteiger partial charge in [0.2, 0.25) is 0 Å². The van der Waals surface area contributed by atoms with Crippen molar-refractivity contribution in [1.82, 2.24) is 4.37 Å². The Morgan fingerprint density at radius 1 is 1.43 bits per heavy atom. The minimum Gasteiger partial charge on any atom is -0.200 e. The zero-order chi connectivity index (χ0) is 9.97. The van der Waals surface area contributed by atoms with Crippen molar-refractivity contribution in [2.75, 3.05) is 5.75 Å². The molecule has 74 valence electrons. The predicted octanol–water partition coefficient (Wildman–Crippen LogP) is 4.11. The Bertz CT molecular complexity index is 434. The molecule has 1 nitrogen and oxygen atoms in total.